The summed E-state index contributed by atoms with van der Waals surface area (Å²) in [5.41, 5.74) is 12.3. The molecule has 0 unspecified atom stereocenters. The monoisotopic (exact) mass is 452 g/mol. The number of hydrogen-bond acceptors (Lipinski definition) is 6. The second kappa shape index (κ2) is 9.70. The Kier molecular flexibility index (Phi) is 8.28. The summed E-state index contributed by atoms with van der Waals surface area (Å²) in [4.78, 5) is 0. The molecule has 0 atom stereocenters. The fraction of sp³-hybridized carbons (Fsp3) is 0.250. The van der Waals surface area contributed by atoms with Crippen LogP contribution in [0.2, 0.25) is 10.0 Å². The maximum Gasteiger partial charge on any atom is 0.165 e. The number of hydrogen-bond donors (Lipinski definition) is 2. The van der Waals surface area contributed by atoms with E-state index in [2.05, 4.69) is 15.9 Å². The molecule has 0 saturated carbocycles. The number of benzene rings is 2. The van der Waals surface area contributed by atoms with Gasteiger partial charge in [-0.1, -0.05) is 23.2 Å². The van der Waals surface area contributed by atoms with Gasteiger partial charge in [-0.25, -0.2) is 0 Å². The van der Waals surface area contributed by atoms with Crippen LogP contribution in [0.15, 0.2) is 22.7 Å². The Morgan fingerprint density at radius 3 is 1.80 bits per heavy atom. The molecule has 9 heteroatoms. The zero-order chi connectivity index (χ0) is 19.1. The van der Waals surface area contributed by atoms with Gasteiger partial charge >= 0.3 is 0 Å². The third kappa shape index (κ3) is 4.90. The van der Waals surface area contributed by atoms with Crippen LogP contribution in [-0.2, 0) is 0 Å². The molecule has 4 N–H and O–H groups in total. The molecule has 0 amide bonds. The number of halogens is 3. The van der Waals surface area contributed by atoms with E-state index in [1.165, 1.54) is 28.4 Å². The number of ether oxygens (including phenoxy) is 4. The summed E-state index contributed by atoms with van der Waals surface area (Å²) in [6.07, 6.45) is 0. The van der Waals surface area contributed by atoms with E-state index in [1.54, 1.807) is 18.2 Å². The summed E-state index contributed by atoms with van der Waals surface area (Å²) in [6.45, 7) is 0. The molecule has 2 aromatic rings. The Bertz CT molecular complexity index is 745. The van der Waals surface area contributed by atoms with E-state index < -0.39 is 0 Å². The van der Waals surface area contributed by atoms with Gasteiger partial charge in [-0.05, 0) is 34.1 Å². The zero-order valence-electron chi connectivity index (χ0n) is 14.2. The van der Waals surface area contributed by atoms with E-state index in [-0.39, 0.29) is 0 Å². The first-order valence-electron chi connectivity index (χ1n) is 6.83. The van der Waals surface area contributed by atoms with Crippen molar-refractivity contribution < 1.29 is 18.9 Å². The normalized spacial score (nSPS) is 9.72. The molecule has 0 saturated heterocycles. The van der Waals surface area contributed by atoms with Crippen LogP contribution in [0.25, 0.3) is 0 Å². The number of methoxy groups -OCH3 is 4. The Balaban J connectivity index is 0.000000251. The topological polar surface area (TPSA) is 89.0 Å². The maximum atomic E-state index is 5.94. The van der Waals surface area contributed by atoms with Crippen molar-refractivity contribution in [3.63, 3.8) is 0 Å². The third-order valence-corrected chi connectivity index (χ3v) is 4.49. The molecule has 25 heavy (non-hydrogen) atoms. The minimum absolute atomic E-state index is 0.380. The summed E-state index contributed by atoms with van der Waals surface area (Å²) in [5, 5.41) is 0.783. The summed E-state index contributed by atoms with van der Waals surface area (Å²) >= 11 is 15.1. The second-order valence-electron chi connectivity index (χ2n) is 4.53. The van der Waals surface area contributed by atoms with Gasteiger partial charge in [0.25, 0.3) is 0 Å². The van der Waals surface area contributed by atoms with E-state index in [0.29, 0.717) is 48.9 Å². The number of rotatable bonds is 4. The Morgan fingerprint density at radius 2 is 1.32 bits per heavy atom. The van der Waals surface area contributed by atoms with E-state index in [4.69, 9.17) is 53.6 Å². The summed E-state index contributed by atoms with van der Waals surface area (Å²) in [5.74, 6) is 1.96. The molecule has 0 heterocycles. The Labute approximate surface area is 165 Å². The van der Waals surface area contributed by atoms with Gasteiger partial charge in [-0.3, -0.25) is 0 Å². The van der Waals surface area contributed by atoms with Crippen molar-refractivity contribution in [1.82, 2.24) is 0 Å². The number of nitrogen functional groups attached to an aromatic ring is 2. The molecule has 2 aromatic carbocycles. The third-order valence-electron chi connectivity index (χ3n) is 3.12. The molecule has 2 rings (SSSR count). The molecule has 0 spiro atoms. The van der Waals surface area contributed by atoms with Crippen LogP contribution in [0, 0.1) is 0 Å². The minimum Gasteiger partial charge on any atom is -0.495 e. The van der Waals surface area contributed by atoms with Crippen molar-refractivity contribution in [3.8, 4) is 23.0 Å². The molecule has 0 aliphatic heterocycles. The quantitative estimate of drug-likeness (QED) is 0.655. The van der Waals surface area contributed by atoms with Gasteiger partial charge < -0.3 is 30.4 Å². The van der Waals surface area contributed by atoms with E-state index in [9.17, 15) is 0 Å². The molecule has 0 bridgehead atoms. The average molecular weight is 454 g/mol. The predicted molar refractivity (Wildman–Crippen MR) is 106 cm³/mol. The largest absolute Gasteiger partial charge is 0.495 e. The molecule has 0 fully saturated rings. The molecular formula is C16H19BrCl2N2O4. The molecule has 6 nitrogen and oxygen atoms in total. The first kappa shape index (κ1) is 21.3. The highest BCUT2D eigenvalue weighted by Gasteiger charge is 2.14. The molecule has 0 aromatic heterocycles. The molecule has 0 radical (unpaired) electrons. The lowest BCUT2D eigenvalue weighted by Gasteiger charge is -2.11. The van der Waals surface area contributed by atoms with Crippen LogP contribution >= 0.6 is 39.1 Å². The van der Waals surface area contributed by atoms with Crippen LogP contribution in [-0.4, -0.2) is 28.4 Å². The van der Waals surface area contributed by atoms with Crippen LogP contribution in [0.1, 0.15) is 0 Å². The lowest BCUT2D eigenvalue weighted by atomic mass is 10.3. The van der Waals surface area contributed by atoms with Gasteiger partial charge in [-0.2, -0.15) is 0 Å². The first-order chi connectivity index (χ1) is 11.8. The molecule has 0 aliphatic rings. The SMILES string of the molecule is COc1cc(Br)c(N)c(OC)c1Cl.COc1ccc(N)c(OC)c1Cl. The Morgan fingerprint density at radius 1 is 0.800 bits per heavy atom. The zero-order valence-corrected chi connectivity index (χ0v) is 17.3. The number of anilines is 2. The van der Waals surface area contributed by atoms with Crippen molar-refractivity contribution in [2.75, 3.05) is 39.9 Å². The van der Waals surface area contributed by atoms with E-state index in [0.717, 1.165) is 0 Å². The van der Waals surface area contributed by atoms with Gasteiger partial charge in [-0.15, -0.1) is 0 Å². The summed E-state index contributed by atoms with van der Waals surface area (Å²) < 4.78 is 20.7. The van der Waals surface area contributed by atoms with Gasteiger partial charge in [0.05, 0.1) is 39.8 Å². The summed E-state index contributed by atoms with van der Waals surface area (Å²) in [7, 11) is 6.08. The van der Waals surface area contributed by atoms with Crippen LogP contribution in [0.5, 0.6) is 23.0 Å². The van der Waals surface area contributed by atoms with E-state index >= 15 is 0 Å². The van der Waals surface area contributed by atoms with Crippen molar-refractivity contribution in [1.29, 1.82) is 0 Å². The first-order valence-corrected chi connectivity index (χ1v) is 8.38. The summed E-state index contributed by atoms with van der Waals surface area (Å²) in [6, 6.07) is 5.07. The number of nitrogens with two attached hydrogens (primary N) is 2. The van der Waals surface area contributed by atoms with Gasteiger partial charge in [0.1, 0.15) is 21.5 Å². The van der Waals surface area contributed by atoms with Crippen LogP contribution in [0.3, 0.4) is 0 Å². The highest BCUT2D eigenvalue weighted by atomic mass is 79.9. The minimum atomic E-state index is 0.380. The molecule has 0 aliphatic carbocycles. The van der Waals surface area contributed by atoms with Crippen molar-refractivity contribution in [3.05, 3.63) is 32.7 Å². The van der Waals surface area contributed by atoms with Gasteiger partial charge in [0.2, 0.25) is 0 Å². The fourth-order valence-corrected chi connectivity index (χ4v) is 2.89. The average Bonchev–Trinajstić information content (AvgIpc) is 2.60. The maximum absolute atomic E-state index is 5.94. The molecule has 138 valence electrons. The van der Waals surface area contributed by atoms with Crippen LogP contribution in [0.4, 0.5) is 11.4 Å². The highest BCUT2D eigenvalue weighted by Crippen LogP contribution is 2.43. The Hall–Kier alpha value is -1.70. The lowest BCUT2D eigenvalue weighted by molar-refractivity contribution is 0.395. The lowest BCUT2D eigenvalue weighted by Crippen LogP contribution is -1.96. The van der Waals surface area contributed by atoms with Crippen LogP contribution < -0.4 is 30.4 Å². The van der Waals surface area contributed by atoms with Crippen molar-refractivity contribution in [2.24, 2.45) is 0 Å². The predicted octanol–water partition coefficient (Wildman–Crippen LogP) is 4.64. The van der Waals surface area contributed by atoms with E-state index in [1.807, 2.05) is 0 Å². The van der Waals surface area contributed by atoms with Crippen molar-refractivity contribution >= 4 is 50.5 Å². The second-order valence-corrected chi connectivity index (χ2v) is 6.14. The molecular weight excluding hydrogens is 435 g/mol. The van der Waals surface area contributed by atoms with Gasteiger partial charge in [0.15, 0.2) is 11.5 Å². The highest BCUT2D eigenvalue weighted by molar-refractivity contribution is 9.10. The van der Waals surface area contributed by atoms with Crippen molar-refractivity contribution in [2.45, 2.75) is 0 Å². The van der Waals surface area contributed by atoms with Gasteiger partial charge in [0, 0.05) is 4.47 Å². The smallest absolute Gasteiger partial charge is 0.165 e. The standard InChI is InChI=1S/C8H9BrClNO2.C8H10ClNO2/c1-12-5-3-4(9)7(11)8(13-2)6(5)10;1-11-6-4-3-5(10)8(12-2)7(6)9/h3H,11H2,1-2H3;3-4H,10H2,1-2H3. The fourth-order valence-electron chi connectivity index (χ4n) is 1.86.